The van der Waals surface area contributed by atoms with Crippen LogP contribution in [0.2, 0.25) is 0 Å². The van der Waals surface area contributed by atoms with Crippen LogP contribution in [0, 0.1) is 6.92 Å². The quantitative estimate of drug-likeness (QED) is 0.536. The van der Waals surface area contributed by atoms with Gasteiger partial charge in [-0.1, -0.05) is 6.07 Å². The number of fused-ring (bicyclic) bond motifs is 1. The molecular formula is C11H10N4OS. The van der Waals surface area contributed by atoms with Crippen molar-refractivity contribution in [3.63, 3.8) is 0 Å². The summed E-state index contributed by atoms with van der Waals surface area (Å²) in [4.78, 5) is 8.59. The summed E-state index contributed by atoms with van der Waals surface area (Å²) < 4.78 is 5.49. The molecular weight excluding hydrogens is 236 g/mol. The van der Waals surface area contributed by atoms with Gasteiger partial charge in [-0.15, -0.1) is 11.3 Å². The van der Waals surface area contributed by atoms with Gasteiger partial charge in [0.1, 0.15) is 5.52 Å². The smallest absolute Gasteiger partial charge is 0.197 e. The van der Waals surface area contributed by atoms with Gasteiger partial charge in [0.25, 0.3) is 0 Å². The van der Waals surface area contributed by atoms with E-state index in [0.717, 1.165) is 22.4 Å². The van der Waals surface area contributed by atoms with E-state index in [-0.39, 0.29) is 0 Å². The van der Waals surface area contributed by atoms with Crippen molar-refractivity contribution in [2.75, 3.05) is 5.43 Å². The Morgan fingerprint density at radius 2 is 2.24 bits per heavy atom. The van der Waals surface area contributed by atoms with Crippen LogP contribution in [0.4, 0.5) is 5.13 Å². The zero-order valence-electron chi connectivity index (χ0n) is 9.10. The third-order valence-electron chi connectivity index (χ3n) is 2.42. The lowest BCUT2D eigenvalue weighted by molar-refractivity contribution is 0.561. The summed E-state index contributed by atoms with van der Waals surface area (Å²) in [6, 6.07) is 5.83. The van der Waals surface area contributed by atoms with Crippen molar-refractivity contribution < 1.29 is 4.42 Å². The molecule has 0 aliphatic rings. The van der Waals surface area contributed by atoms with Crippen LogP contribution in [-0.2, 0) is 0 Å². The molecule has 3 aromatic rings. The molecule has 0 aliphatic carbocycles. The average molecular weight is 246 g/mol. The van der Waals surface area contributed by atoms with E-state index in [1.807, 2.05) is 30.5 Å². The lowest BCUT2D eigenvalue weighted by Crippen LogP contribution is -2.05. The third-order valence-corrected chi connectivity index (χ3v) is 3.19. The lowest BCUT2D eigenvalue weighted by Gasteiger charge is -1.95. The van der Waals surface area contributed by atoms with Crippen molar-refractivity contribution in [3.8, 4) is 11.3 Å². The summed E-state index contributed by atoms with van der Waals surface area (Å²) in [5.74, 6) is 5.97. The maximum Gasteiger partial charge on any atom is 0.197 e. The lowest BCUT2D eigenvalue weighted by atomic mass is 10.1. The third kappa shape index (κ3) is 1.77. The van der Waals surface area contributed by atoms with E-state index in [2.05, 4.69) is 15.4 Å². The summed E-state index contributed by atoms with van der Waals surface area (Å²) in [7, 11) is 0. The first-order chi connectivity index (χ1) is 8.26. The minimum atomic E-state index is 0.666. The molecule has 0 saturated heterocycles. The van der Waals surface area contributed by atoms with Crippen LogP contribution in [-0.4, -0.2) is 9.97 Å². The summed E-state index contributed by atoms with van der Waals surface area (Å²) in [5, 5.41) is 2.63. The van der Waals surface area contributed by atoms with Gasteiger partial charge in [0.15, 0.2) is 16.6 Å². The predicted octanol–water partition coefficient (Wildman–Crippen LogP) is 2.55. The Kier molecular flexibility index (Phi) is 2.31. The van der Waals surface area contributed by atoms with E-state index in [1.54, 1.807) is 0 Å². The van der Waals surface area contributed by atoms with Crippen LogP contribution in [0.25, 0.3) is 22.4 Å². The molecule has 0 atom stereocenters. The minimum absolute atomic E-state index is 0.666. The van der Waals surface area contributed by atoms with Crippen molar-refractivity contribution in [3.05, 3.63) is 29.5 Å². The van der Waals surface area contributed by atoms with Crippen LogP contribution in [0.3, 0.4) is 0 Å². The number of rotatable bonds is 2. The van der Waals surface area contributed by atoms with Crippen molar-refractivity contribution in [2.45, 2.75) is 6.92 Å². The summed E-state index contributed by atoms with van der Waals surface area (Å²) in [5.41, 5.74) is 6.03. The van der Waals surface area contributed by atoms with E-state index in [4.69, 9.17) is 10.3 Å². The van der Waals surface area contributed by atoms with Gasteiger partial charge in [0.05, 0.1) is 5.69 Å². The number of aromatic nitrogens is 2. The first-order valence-electron chi connectivity index (χ1n) is 5.06. The van der Waals surface area contributed by atoms with Gasteiger partial charge in [-0.3, -0.25) is 5.43 Å². The fourth-order valence-corrected chi connectivity index (χ4v) is 2.30. The van der Waals surface area contributed by atoms with Crippen molar-refractivity contribution in [1.82, 2.24) is 9.97 Å². The van der Waals surface area contributed by atoms with Crippen LogP contribution in [0.15, 0.2) is 28.0 Å². The van der Waals surface area contributed by atoms with E-state index in [9.17, 15) is 0 Å². The number of oxazole rings is 1. The highest BCUT2D eigenvalue weighted by Crippen LogP contribution is 2.27. The number of nitrogens with two attached hydrogens (primary N) is 1. The normalized spacial score (nSPS) is 10.9. The summed E-state index contributed by atoms with van der Waals surface area (Å²) >= 11 is 1.46. The molecule has 86 valence electrons. The average Bonchev–Trinajstić information content (AvgIpc) is 2.92. The van der Waals surface area contributed by atoms with Crippen LogP contribution >= 0.6 is 11.3 Å². The van der Waals surface area contributed by atoms with E-state index in [1.165, 1.54) is 11.3 Å². The Morgan fingerprint density at radius 1 is 1.35 bits per heavy atom. The molecule has 5 nitrogen and oxygen atoms in total. The molecule has 2 heterocycles. The number of thiazole rings is 1. The molecule has 0 aliphatic heterocycles. The molecule has 2 aromatic heterocycles. The Morgan fingerprint density at radius 3 is 3.00 bits per heavy atom. The Balaban J connectivity index is 2.10. The molecule has 0 bridgehead atoms. The zero-order valence-corrected chi connectivity index (χ0v) is 9.91. The molecule has 3 N–H and O–H groups in total. The Bertz CT molecular complexity index is 673. The number of hydrogen-bond donors (Lipinski definition) is 2. The van der Waals surface area contributed by atoms with Gasteiger partial charge in [-0.25, -0.2) is 15.8 Å². The van der Waals surface area contributed by atoms with Crippen LogP contribution < -0.4 is 11.3 Å². The van der Waals surface area contributed by atoms with E-state index >= 15 is 0 Å². The molecule has 0 fully saturated rings. The summed E-state index contributed by atoms with van der Waals surface area (Å²) in [6.45, 7) is 1.83. The number of hydrogen-bond acceptors (Lipinski definition) is 6. The van der Waals surface area contributed by atoms with E-state index in [0.29, 0.717) is 11.0 Å². The number of aryl methyl sites for hydroxylation is 1. The number of anilines is 1. The molecule has 0 spiro atoms. The molecule has 0 amide bonds. The molecule has 0 radical (unpaired) electrons. The maximum absolute atomic E-state index is 5.49. The number of nitrogens with one attached hydrogen (secondary N) is 1. The highest BCUT2D eigenvalue weighted by molar-refractivity contribution is 7.14. The molecule has 17 heavy (non-hydrogen) atoms. The first kappa shape index (κ1) is 10.2. The van der Waals surface area contributed by atoms with E-state index < -0.39 is 0 Å². The summed E-state index contributed by atoms with van der Waals surface area (Å²) in [6.07, 6.45) is 0. The second-order valence-corrected chi connectivity index (χ2v) is 4.46. The molecule has 1 aromatic carbocycles. The highest BCUT2D eigenvalue weighted by atomic mass is 32.1. The van der Waals surface area contributed by atoms with Crippen LogP contribution in [0.1, 0.15) is 5.89 Å². The minimum Gasteiger partial charge on any atom is -0.441 e. The molecule has 0 unspecified atom stereocenters. The fraction of sp³-hybridized carbons (Fsp3) is 0.0909. The van der Waals surface area contributed by atoms with Gasteiger partial charge in [-0.2, -0.15) is 0 Å². The largest absolute Gasteiger partial charge is 0.441 e. The monoisotopic (exact) mass is 246 g/mol. The van der Waals surface area contributed by atoms with Crippen molar-refractivity contribution >= 4 is 27.6 Å². The number of nitrogen functional groups attached to an aromatic ring is 1. The predicted molar refractivity (Wildman–Crippen MR) is 67.7 cm³/mol. The highest BCUT2D eigenvalue weighted by Gasteiger charge is 2.07. The molecule has 3 rings (SSSR count). The van der Waals surface area contributed by atoms with Crippen LogP contribution in [0.5, 0.6) is 0 Å². The van der Waals surface area contributed by atoms with Gasteiger partial charge >= 0.3 is 0 Å². The van der Waals surface area contributed by atoms with Gasteiger partial charge in [-0.05, 0) is 12.1 Å². The zero-order chi connectivity index (χ0) is 11.8. The number of benzene rings is 1. The molecule has 6 heteroatoms. The Labute approximate surface area is 101 Å². The Hall–Kier alpha value is -1.92. The van der Waals surface area contributed by atoms with Crippen molar-refractivity contribution in [1.29, 1.82) is 0 Å². The first-order valence-corrected chi connectivity index (χ1v) is 5.94. The second kappa shape index (κ2) is 3.83. The van der Waals surface area contributed by atoms with Gasteiger partial charge in [0.2, 0.25) is 0 Å². The topological polar surface area (TPSA) is 77.0 Å². The second-order valence-electron chi connectivity index (χ2n) is 3.60. The number of hydrazine groups is 1. The standard InChI is InChI=1S/C11H10N4OS/c1-6-13-8-3-2-7(4-10(8)16-6)9-5-17-11(14-9)15-12/h2-5H,12H2,1H3,(H,14,15). The van der Waals surface area contributed by atoms with Crippen molar-refractivity contribution in [2.24, 2.45) is 5.84 Å². The number of nitrogens with zero attached hydrogens (tertiary/aromatic N) is 2. The molecule has 0 saturated carbocycles. The van der Waals surface area contributed by atoms with Gasteiger partial charge < -0.3 is 4.42 Å². The van der Waals surface area contributed by atoms with Gasteiger partial charge in [0, 0.05) is 17.9 Å². The fourth-order valence-electron chi connectivity index (χ4n) is 1.67. The maximum atomic E-state index is 5.49. The SMILES string of the molecule is Cc1nc2ccc(-c3csc(NN)n3)cc2o1.